The summed E-state index contributed by atoms with van der Waals surface area (Å²) in [4.78, 5) is 23.3. The molecule has 0 aliphatic rings. The van der Waals surface area contributed by atoms with E-state index in [1.54, 1.807) is 30.3 Å². The standard InChI is InChI=1S/C18H17NO3/c1-13-6-8-14(9-7-13)10-11-17(20)19-16-5-3-4-15(12-16)18(21)22-2/h3-12H,1-2H3,(H,19,20)/b11-10+. The zero-order valence-corrected chi connectivity index (χ0v) is 12.5. The van der Waals surface area contributed by atoms with Crippen molar-refractivity contribution >= 4 is 23.6 Å². The molecule has 2 rings (SSSR count). The third-order valence-corrected chi connectivity index (χ3v) is 3.06. The van der Waals surface area contributed by atoms with Crippen molar-refractivity contribution in [2.45, 2.75) is 6.92 Å². The molecule has 0 unspecified atom stereocenters. The fourth-order valence-electron chi connectivity index (χ4n) is 1.88. The average Bonchev–Trinajstić information content (AvgIpc) is 2.54. The lowest BCUT2D eigenvalue weighted by atomic mass is 10.1. The smallest absolute Gasteiger partial charge is 0.337 e. The van der Waals surface area contributed by atoms with E-state index in [1.807, 2.05) is 31.2 Å². The van der Waals surface area contributed by atoms with E-state index >= 15 is 0 Å². The Bertz CT molecular complexity index is 703. The van der Waals surface area contributed by atoms with Crippen LogP contribution in [0.3, 0.4) is 0 Å². The molecule has 1 N–H and O–H groups in total. The van der Waals surface area contributed by atoms with Crippen molar-refractivity contribution in [1.82, 2.24) is 0 Å². The van der Waals surface area contributed by atoms with Crippen LogP contribution in [0.2, 0.25) is 0 Å². The Balaban J connectivity index is 2.02. The first kappa shape index (κ1) is 15.5. The number of amides is 1. The first-order valence-electron chi connectivity index (χ1n) is 6.82. The van der Waals surface area contributed by atoms with Gasteiger partial charge in [0.1, 0.15) is 0 Å². The second kappa shape index (κ2) is 7.22. The molecule has 0 bridgehead atoms. The molecular formula is C18H17NO3. The normalized spacial score (nSPS) is 10.5. The largest absolute Gasteiger partial charge is 0.465 e. The molecule has 0 atom stereocenters. The minimum absolute atomic E-state index is 0.261. The van der Waals surface area contributed by atoms with Gasteiger partial charge in [-0.2, -0.15) is 0 Å². The van der Waals surface area contributed by atoms with Crippen LogP contribution in [0.1, 0.15) is 21.5 Å². The number of carbonyl (C=O) groups excluding carboxylic acids is 2. The lowest BCUT2D eigenvalue weighted by molar-refractivity contribution is -0.111. The summed E-state index contributed by atoms with van der Waals surface area (Å²) in [5.74, 6) is -0.700. The Morgan fingerprint density at radius 3 is 2.50 bits per heavy atom. The quantitative estimate of drug-likeness (QED) is 0.694. The third kappa shape index (κ3) is 4.31. The number of carbonyl (C=O) groups is 2. The van der Waals surface area contributed by atoms with E-state index in [-0.39, 0.29) is 5.91 Å². The lowest BCUT2D eigenvalue weighted by Crippen LogP contribution is -2.09. The summed E-state index contributed by atoms with van der Waals surface area (Å²) in [6.45, 7) is 2.01. The monoisotopic (exact) mass is 295 g/mol. The molecule has 0 saturated heterocycles. The van der Waals surface area contributed by atoms with Gasteiger partial charge in [-0.25, -0.2) is 4.79 Å². The Morgan fingerprint density at radius 1 is 1.09 bits per heavy atom. The van der Waals surface area contributed by atoms with Crippen molar-refractivity contribution in [2.75, 3.05) is 12.4 Å². The molecule has 4 heteroatoms. The van der Waals surface area contributed by atoms with Gasteiger partial charge in [-0.1, -0.05) is 35.9 Å². The van der Waals surface area contributed by atoms with E-state index in [0.29, 0.717) is 11.3 Å². The molecule has 0 aromatic heterocycles. The highest BCUT2D eigenvalue weighted by Crippen LogP contribution is 2.12. The molecule has 0 aliphatic heterocycles. The Labute approximate surface area is 129 Å². The summed E-state index contributed by atoms with van der Waals surface area (Å²) in [5, 5.41) is 2.71. The number of methoxy groups -OCH3 is 1. The van der Waals surface area contributed by atoms with Crippen LogP contribution in [0.15, 0.2) is 54.6 Å². The van der Waals surface area contributed by atoms with Crippen molar-refractivity contribution in [3.8, 4) is 0 Å². The molecule has 2 aromatic carbocycles. The Morgan fingerprint density at radius 2 is 1.82 bits per heavy atom. The topological polar surface area (TPSA) is 55.4 Å². The zero-order valence-electron chi connectivity index (χ0n) is 12.5. The summed E-state index contributed by atoms with van der Waals surface area (Å²) in [5.41, 5.74) is 3.05. The van der Waals surface area contributed by atoms with Crippen molar-refractivity contribution in [3.05, 3.63) is 71.3 Å². The highest BCUT2D eigenvalue weighted by molar-refractivity contribution is 6.02. The first-order chi connectivity index (χ1) is 10.6. The van der Waals surface area contributed by atoms with Crippen molar-refractivity contribution in [1.29, 1.82) is 0 Å². The molecule has 0 spiro atoms. The van der Waals surface area contributed by atoms with Crippen molar-refractivity contribution in [2.24, 2.45) is 0 Å². The summed E-state index contributed by atoms with van der Waals surface area (Å²) < 4.78 is 4.65. The number of anilines is 1. The minimum atomic E-state index is -0.439. The Kier molecular flexibility index (Phi) is 5.09. The van der Waals surface area contributed by atoms with Gasteiger partial charge in [0, 0.05) is 11.8 Å². The average molecular weight is 295 g/mol. The van der Waals surface area contributed by atoms with Crippen molar-refractivity contribution < 1.29 is 14.3 Å². The van der Waals surface area contributed by atoms with Crippen LogP contribution in [0.25, 0.3) is 6.08 Å². The maximum absolute atomic E-state index is 11.9. The van der Waals surface area contributed by atoms with Gasteiger partial charge in [-0.05, 0) is 36.8 Å². The predicted octanol–water partition coefficient (Wildman–Crippen LogP) is 3.43. The molecule has 4 nitrogen and oxygen atoms in total. The minimum Gasteiger partial charge on any atom is -0.465 e. The second-order valence-corrected chi connectivity index (χ2v) is 4.81. The lowest BCUT2D eigenvalue weighted by Gasteiger charge is -2.04. The van der Waals surface area contributed by atoms with E-state index in [9.17, 15) is 9.59 Å². The van der Waals surface area contributed by atoms with Gasteiger partial charge in [0.2, 0.25) is 5.91 Å². The van der Waals surface area contributed by atoms with Gasteiger partial charge in [0.05, 0.1) is 12.7 Å². The molecule has 22 heavy (non-hydrogen) atoms. The molecule has 0 heterocycles. The number of nitrogens with one attached hydrogen (secondary N) is 1. The summed E-state index contributed by atoms with van der Waals surface area (Å²) in [6, 6.07) is 14.4. The van der Waals surface area contributed by atoms with Gasteiger partial charge >= 0.3 is 5.97 Å². The molecule has 0 saturated carbocycles. The van der Waals surface area contributed by atoms with Gasteiger partial charge in [-0.3, -0.25) is 4.79 Å². The van der Waals surface area contributed by atoms with Crippen molar-refractivity contribution in [3.63, 3.8) is 0 Å². The highest BCUT2D eigenvalue weighted by atomic mass is 16.5. The Hall–Kier alpha value is -2.88. The van der Waals surface area contributed by atoms with E-state index in [2.05, 4.69) is 10.1 Å². The molecule has 0 aliphatic carbocycles. The summed E-state index contributed by atoms with van der Waals surface area (Å²) in [6.07, 6.45) is 3.19. The summed E-state index contributed by atoms with van der Waals surface area (Å²) >= 11 is 0. The van der Waals surface area contributed by atoms with Crippen LogP contribution in [0.4, 0.5) is 5.69 Å². The van der Waals surface area contributed by atoms with Crippen LogP contribution < -0.4 is 5.32 Å². The number of esters is 1. The van der Waals surface area contributed by atoms with Crippen LogP contribution in [-0.4, -0.2) is 19.0 Å². The molecule has 0 fully saturated rings. The van der Waals surface area contributed by atoms with Crippen LogP contribution >= 0.6 is 0 Å². The molecule has 2 aromatic rings. The highest BCUT2D eigenvalue weighted by Gasteiger charge is 2.06. The van der Waals surface area contributed by atoms with E-state index in [0.717, 1.165) is 5.56 Å². The number of hydrogen-bond acceptors (Lipinski definition) is 3. The van der Waals surface area contributed by atoms with E-state index < -0.39 is 5.97 Å². The van der Waals surface area contributed by atoms with Crippen LogP contribution in [0.5, 0.6) is 0 Å². The van der Waals surface area contributed by atoms with Gasteiger partial charge in [-0.15, -0.1) is 0 Å². The van der Waals surface area contributed by atoms with E-state index in [4.69, 9.17) is 0 Å². The maximum atomic E-state index is 11.9. The number of benzene rings is 2. The fraction of sp³-hybridized carbons (Fsp3) is 0.111. The maximum Gasteiger partial charge on any atom is 0.337 e. The van der Waals surface area contributed by atoms with Crippen LogP contribution in [0, 0.1) is 6.92 Å². The van der Waals surface area contributed by atoms with Crippen LogP contribution in [-0.2, 0) is 9.53 Å². The number of rotatable bonds is 4. The number of ether oxygens (including phenoxy) is 1. The number of hydrogen-bond donors (Lipinski definition) is 1. The number of aryl methyl sites for hydroxylation is 1. The molecule has 112 valence electrons. The third-order valence-electron chi connectivity index (χ3n) is 3.06. The summed E-state index contributed by atoms with van der Waals surface area (Å²) in [7, 11) is 1.32. The first-order valence-corrected chi connectivity index (χ1v) is 6.82. The SMILES string of the molecule is COC(=O)c1cccc(NC(=O)/C=C/c2ccc(C)cc2)c1. The van der Waals surface area contributed by atoms with Gasteiger partial charge in [0.25, 0.3) is 0 Å². The zero-order chi connectivity index (χ0) is 15.9. The van der Waals surface area contributed by atoms with Gasteiger partial charge in [0.15, 0.2) is 0 Å². The molecule has 1 amide bonds. The molecular weight excluding hydrogens is 278 g/mol. The molecule has 0 radical (unpaired) electrons. The van der Waals surface area contributed by atoms with Gasteiger partial charge < -0.3 is 10.1 Å². The fourth-order valence-corrected chi connectivity index (χ4v) is 1.88. The van der Waals surface area contributed by atoms with E-state index in [1.165, 1.54) is 18.7 Å². The second-order valence-electron chi connectivity index (χ2n) is 4.81. The predicted molar refractivity (Wildman–Crippen MR) is 86.6 cm³/mol.